The number of carbonyl (C=O) groups is 2. The number of carboxylic acid groups (broad SMARTS) is 1. The minimum absolute atomic E-state index is 0.0734. The van der Waals surface area contributed by atoms with Crippen LogP contribution in [0.15, 0.2) is 40.8 Å². The summed E-state index contributed by atoms with van der Waals surface area (Å²) >= 11 is 1.47. The molecule has 0 bridgehead atoms. The van der Waals surface area contributed by atoms with Crippen molar-refractivity contribution in [2.75, 3.05) is 0 Å². The molecule has 3 rings (SSSR count). The van der Waals surface area contributed by atoms with Crippen LogP contribution >= 0.6 is 11.3 Å². The number of hydrogen-bond donors (Lipinski definition) is 2. The van der Waals surface area contributed by atoms with E-state index >= 15 is 0 Å². The maximum Gasteiger partial charge on any atom is 0.326 e. The standard InChI is InChI=1S/C18H18N2O4S/c1-10(2)9-12(18(22)23)19-16(21)13-7-8-14(24-13)17-20-11-5-3-4-6-15(11)25-17/h3-8,10,12H,9H2,1-2H3,(H,19,21)(H,22,23)/t12-/m0/s1. The van der Waals surface area contributed by atoms with Gasteiger partial charge in [-0.2, -0.15) is 0 Å². The Balaban J connectivity index is 1.78. The van der Waals surface area contributed by atoms with Gasteiger partial charge in [-0.05, 0) is 36.6 Å². The van der Waals surface area contributed by atoms with Gasteiger partial charge in [0.15, 0.2) is 16.5 Å². The van der Waals surface area contributed by atoms with Crippen LogP contribution in [0.3, 0.4) is 0 Å². The number of aliphatic carboxylic acids is 1. The van der Waals surface area contributed by atoms with E-state index in [1.165, 1.54) is 17.4 Å². The van der Waals surface area contributed by atoms with Crippen LogP contribution in [0, 0.1) is 5.92 Å². The fourth-order valence-corrected chi connectivity index (χ4v) is 3.40. The number of rotatable bonds is 6. The lowest BCUT2D eigenvalue weighted by Crippen LogP contribution is -2.41. The number of nitrogens with one attached hydrogen (secondary N) is 1. The van der Waals surface area contributed by atoms with E-state index in [-0.39, 0.29) is 11.7 Å². The summed E-state index contributed by atoms with van der Waals surface area (Å²) < 4.78 is 6.62. The number of fused-ring (bicyclic) bond motifs is 1. The molecule has 0 radical (unpaired) electrons. The van der Waals surface area contributed by atoms with Gasteiger partial charge >= 0.3 is 5.97 Å². The van der Waals surface area contributed by atoms with E-state index in [1.807, 2.05) is 38.1 Å². The first kappa shape index (κ1) is 17.2. The third kappa shape index (κ3) is 3.88. The molecule has 2 heterocycles. The second-order valence-electron chi connectivity index (χ2n) is 6.14. The fraction of sp³-hybridized carbons (Fsp3) is 0.278. The highest BCUT2D eigenvalue weighted by Gasteiger charge is 2.23. The lowest BCUT2D eigenvalue weighted by atomic mass is 10.0. The second-order valence-corrected chi connectivity index (χ2v) is 7.18. The number of amides is 1. The predicted molar refractivity (Wildman–Crippen MR) is 95.7 cm³/mol. The van der Waals surface area contributed by atoms with Crippen molar-refractivity contribution in [3.8, 4) is 10.8 Å². The van der Waals surface area contributed by atoms with Crippen LogP contribution in [-0.4, -0.2) is 28.0 Å². The Bertz CT molecular complexity index is 880. The molecule has 2 N–H and O–H groups in total. The molecule has 25 heavy (non-hydrogen) atoms. The monoisotopic (exact) mass is 358 g/mol. The van der Waals surface area contributed by atoms with E-state index in [2.05, 4.69) is 10.3 Å². The maximum absolute atomic E-state index is 12.3. The van der Waals surface area contributed by atoms with Gasteiger partial charge in [0, 0.05) is 0 Å². The molecule has 0 unspecified atom stereocenters. The Kier molecular flexibility index (Phi) is 4.85. The molecule has 3 aromatic rings. The van der Waals surface area contributed by atoms with E-state index < -0.39 is 17.9 Å². The summed E-state index contributed by atoms with van der Waals surface area (Å²) in [5.41, 5.74) is 0.868. The highest BCUT2D eigenvalue weighted by atomic mass is 32.1. The molecule has 130 valence electrons. The van der Waals surface area contributed by atoms with E-state index in [4.69, 9.17) is 4.42 Å². The van der Waals surface area contributed by atoms with Gasteiger partial charge in [0.2, 0.25) is 0 Å². The molecule has 6 nitrogen and oxygen atoms in total. The van der Waals surface area contributed by atoms with Crippen LogP contribution in [0.5, 0.6) is 0 Å². The number of para-hydroxylation sites is 1. The molecule has 7 heteroatoms. The molecule has 0 aliphatic rings. The second kappa shape index (κ2) is 7.06. The molecule has 1 aromatic carbocycles. The first-order valence-electron chi connectivity index (χ1n) is 7.93. The molecule has 1 atom stereocenters. The van der Waals surface area contributed by atoms with E-state index in [0.717, 1.165) is 10.2 Å². The van der Waals surface area contributed by atoms with Crippen LogP contribution in [0.2, 0.25) is 0 Å². The zero-order valence-corrected chi connectivity index (χ0v) is 14.7. The molecular weight excluding hydrogens is 340 g/mol. The Morgan fingerprint density at radius 2 is 2.00 bits per heavy atom. The van der Waals surface area contributed by atoms with Gasteiger partial charge in [-0.25, -0.2) is 9.78 Å². The number of thiazole rings is 1. The average molecular weight is 358 g/mol. The van der Waals surface area contributed by atoms with Gasteiger partial charge < -0.3 is 14.8 Å². The van der Waals surface area contributed by atoms with Crippen LogP contribution in [0.4, 0.5) is 0 Å². The Hall–Kier alpha value is -2.67. The molecule has 0 saturated carbocycles. The minimum atomic E-state index is -1.06. The van der Waals surface area contributed by atoms with Crippen molar-refractivity contribution in [3.63, 3.8) is 0 Å². The predicted octanol–water partition coefficient (Wildman–Crippen LogP) is 3.79. The average Bonchev–Trinajstić information content (AvgIpc) is 3.20. The van der Waals surface area contributed by atoms with Crippen molar-refractivity contribution >= 4 is 33.4 Å². The molecule has 0 aliphatic heterocycles. The first-order chi connectivity index (χ1) is 11.9. The van der Waals surface area contributed by atoms with Crippen LogP contribution in [-0.2, 0) is 4.79 Å². The lowest BCUT2D eigenvalue weighted by molar-refractivity contribution is -0.139. The Morgan fingerprint density at radius 1 is 1.24 bits per heavy atom. The van der Waals surface area contributed by atoms with Crippen molar-refractivity contribution in [2.45, 2.75) is 26.3 Å². The summed E-state index contributed by atoms with van der Waals surface area (Å²) in [7, 11) is 0. The number of aromatic nitrogens is 1. The van der Waals surface area contributed by atoms with Gasteiger partial charge in [0.25, 0.3) is 5.91 Å². The summed E-state index contributed by atoms with van der Waals surface area (Å²) in [5, 5.41) is 12.4. The van der Waals surface area contributed by atoms with E-state index in [0.29, 0.717) is 17.2 Å². The van der Waals surface area contributed by atoms with Crippen LogP contribution in [0.25, 0.3) is 21.0 Å². The molecule has 0 spiro atoms. The van der Waals surface area contributed by atoms with Crippen molar-refractivity contribution < 1.29 is 19.1 Å². The number of carbonyl (C=O) groups excluding carboxylic acids is 1. The zero-order valence-electron chi connectivity index (χ0n) is 13.9. The molecular formula is C18H18N2O4S. The quantitative estimate of drug-likeness (QED) is 0.699. The largest absolute Gasteiger partial charge is 0.480 e. The third-order valence-electron chi connectivity index (χ3n) is 3.64. The first-order valence-corrected chi connectivity index (χ1v) is 8.75. The van der Waals surface area contributed by atoms with Crippen LogP contribution < -0.4 is 5.32 Å². The van der Waals surface area contributed by atoms with Gasteiger partial charge in [0.1, 0.15) is 6.04 Å². The minimum Gasteiger partial charge on any atom is -0.480 e. The summed E-state index contributed by atoms with van der Waals surface area (Å²) in [5.74, 6) is -0.886. The number of carboxylic acids is 1. The smallest absolute Gasteiger partial charge is 0.326 e. The van der Waals surface area contributed by atoms with Crippen molar-refractivity contribution in [1.29, 1.82) is 0 Å². The number of nitrogens with zero attached hydrogens (tertiary/aromatic N) is 1. The highest BCUT2D eigenvalue weighted by molar-refractivity contribution is 7.21. The van der Waals surface area contributed by atoms with Gasteiger partial charge in [-0.15, -0.1) is 11.3 Å². The molecule has 0 aliphatic carbocycles. The fourth-order valence-electron chi connectivity index (χ4n) is 2.47. The topological polar surface area (TPSA) is 92.4 Å². The normalized spacial score (nSPS) is 12.4. The van der Waals surface area contributed by atoms with Crippen molar-refractivity contribution in [2.24, 2.45) is 5.92 Å². The Morgan fingerprint density at radius 3 is 2.68 bits per heavy atom. The highest BCUT2D eigenvalue weighted by Crippen LogP contribution is 2.31. The van der Waals surface area contributed by atoms with E-state index in [9.17, 15) is 14.7 Å². The van der Waals surface area contributed by atoms with Crippen LogP contribution in [0.1, 0.15) is 30.8 Å². The SMILES string of the molecule is CC(C)C[C@H](NC(=O)c1ccc(-c2nc3ccccc3s2)o1)C(=O)O. The molecule has 0 saturated heterocycles. The molecule has 2 aromatic heterocycles. The summed E-state index contributed by atoms with van der Waals surface area (Å²) in [4.78, 5) is 28.0. The maximum atomic E-state index is 12.3. The Labute approximate surface area is 148 Å². The molecule has 0 fully saturated rings. The summed E-state index contributed by atoms with van der Waals surface area (Å²) in [6, 6.07) is 9.99. The lowest BCUT2D eigenvalue weighted by Gasteiger charge is -2.15. The molecule has 1 amide bonds. The van der Waals surface area contributed by atoms with Gasteiger partial charge in [-0.1, -0.05) is 26.0 Å². The summed E-state index contributed by atoms with van der Waals surface area (Å²) in [6.07, 6.45) is 0.354. The third-order valence-corrected chi connectivity index (χ3v) is 4.70. The van der Waals surface area contributed by atoms with Crippen molar-refractivity contribution in [3.05, 3.63) is 42.2 Å². The van der Waals surface area contributed by atoms with E-state index in [1.54, 1.807) is 6.07 Å². The number of hydrogen-bond acceptors (Lipinski definition) is 5. The van der Waals surface area contributed by atoms with Gasteiger partial charge in [-0.3, -0.25) is 4.79 Å². The zero-order chi connectivity index (χ0) is 18.0. The summed E-state index contributed by atoms with van der Waals surface area (Å²) in [6.45, 7) is 3.81. The number of benzene rings is 1. The number of furan rings is 1. The van der Waals surface area contributed by atoms with Crippen molar-refractivity contribution in [1.82, 2.24) is 10.3 Å². The van der Waals surface area contributed by atoms with Gasteiger partial charge in [0.05, 0.1) is 10.2 Å².